The van der Waals surface area contributed by atoms with Gasteiger partial charge < -0.3 is 15.8 Å². The van der Waals surface area contributed by atoms with Gasteiger partial charge in [-0.1, -0.05) is 12.0 Å². The summed E-state index contributed by atoms with van der Waals surface area (Å²) in [5.74, 6) is 4.85. The number of benzene rings is 2. The van der Waals surface area contributed by atoms with Crippen LogP contribution in [0.25, 0.3) is 0 Å². The molecule has 1 aliphatic rings. The van der Waals surface area contributed by atoms with Crippen molar-refractivity contribution in [2.45, 2.75) is 25.9 Å². The van der Waals surface area contributed by atoms with Crippen LogP contribution in [0, 0.1) is 18.8 Å². The summed E-state index contributed by atoms with van der Waals surface area (Å²) in [4.78, 5) is 18.9. The molecule has 0 unspecified atom stereocenters. The zero-order valence-electron chi connectivity index (χ0n) is 20.1. The zero-order valence-corrected chi connectivity index (χ0v) is 20.1. The van der Waals surface area contributed by atoms with Gasteiger partial charge in [0, 0.05) is 23.4 Å². The quantitative estimate of drug-likeness (QED) is 0.485. The first kappa shape index (κ1) is 25.9. The Kier molecular flexibility index (Phi) is 7.89. The molecule has 3 N–H and O–H groups in total. The average molecular weight is 511 g/mol. The Bertz CT molecular complexity index is 1340. The summed E-state index contributed by atoms with van der Waals surface area (Å²) >= 11 is 0. The number of nitrogen functional groups attached to an aromatic ring is 1. The fourth-order valence-corrected chi connectivity index (χ4v) is 3.86. The number of carbonyl (C=O) groups excluding carboxylic acids is 1. The van der Waals surface area contributed by atoms with Gasteiger partial charge in [0.2, 0.25) is 5.95 Å². The van der Waals surface area contributed by atoms with Crippen LogP contribution >= 0.6 is 0 Å². The normalized spacial score (nSPS) is 13.6. The van der Waals surface area contributed by atoms with Crippen molar-refractivity contribution in [3.8, 4) is 17.6 Å². The third-order valence-corrected chi connectivity index (χ3v) is 5.81. The summed E-state index contributed by atoms with van der Waals surface area (Å²) in [6.07, 6.45) is -1.11. The van der Waals surface area contributed by atoms with Gasteiger partial charge in [-0.15, -0.1) is 5.10 Å². The Morgan fingerprint density at radius 3 is 2.68 bits per heavy atom. The molecule has 1 amide bonds. The minimum absolute atomic E-state index is 0.0000350. The van der Waals surface area contributed by atoms with Crippen molar-refractivity contribution in [1.29, 1.82) is 0 Å². The minimum Gasteiger partial charge on any atom is -0.492 e. The standard InChI is InChI=1S/C26H25F3N6O2/c1-17-4-5-19(14-18(17)6-7-21-16-31-34-25(30)33-21)24(36)32-20-8-9-23(22(15-20)26(27,28)29)37-13-12-35-10-2-3-11-35/h4-5,8-9,14-16H,2-3,10-13H2,1H3,(H,32,36)(H2,30,33,34). The predicted molar refractivity (Wildman–Crippen MR) is 132 cm³/mol. The van der Waals surface area contributed by atoms with Crippen LogP contribution in [-0.4, -0.2) is 52.2 Å². The maximum Gasteiger partial charge on any atom is 0.420 e. The molecule has 4 rings (SSSR count). The summed E-state index contributed by atoms with van der Waals surface area (Å²) in [5.41, 5.74) is 6.45. The minimum atomic E-state index is -4.64. The van der Waals surface area contributed by atoms with E-state index in [-0.39, 0.29) is 29.6 Å². The molecule has 1 fully saturated rings. The number of nitrogens with two attached hydrogens (primary N) is 1. The maximum atomic E-state index is 13.7. The molecule has 37 heavy (non-hydrogen) atoms. The summed E-state index contributed by atoms with van der Waals surface area (Å²) < 4.78 is 46.6. The van der Waals surface area contributed by atoms with E-state index in [1.54, 1.807) is 18.2 Å². The molecule has 0 atom stereocenters. The zero-order chi connectivity index (χ0) is 26.4. The number of aryl methyl sites for hydroxylation is 1. The van der Waals surface area contributed by atoms with Gasteiger partial charge in [-0.2, -0.15) is 18.3 Å². The number of hydrogen-bond acceptors (Lipinski definition) is 7. The lowest BCUT2D eigenvalue weighted by Gasteiger charge is -2.18. The van der Waals surface area contributed by atoms with Crippen molar-refractivity contribution in [1.82, 2.24) is 20.1 Å². The monoisotopic (exact) mass is 510 g/mol. The molecule has 0 saturated carbocycles. The highest BCUT2D eigenvalue weighted by atomic mass is 19.4. The molecule has 0 bridgehead atoms. The number of nitrogens with zero attached hydrogens (tertiary/aromatic N) is 4. The average Bonchev–Trinajstić information content (AvgIpc) is 3.37. The first-order valence-corrected chi connectivity index (χ1v) is 11.6. The number of ether oxygens (including phenoxy) is 1. The molecular formula is C26H25F3N6O2. The molecule has 2 heterocycles. The third kappa shape index (κ3) is 6.95. The van der Waals surface area contributed by atoms with E-state index in [1.807, 2.05) is 6.92 Å². The Balaban J connectivity index is 1.48. The van der Waals surface area contributed by atoms with Gasteiger partial charge >= 0.3 is 6.18 Å². The van der Waals surface area contributed by atoms with Gasteiger partial charge in [0.05, 0.1) is 11.8 Å². The number of alkyl halides is 3. The number of nitrogens with one attached hydrogen (secondary N) is 1. The van der Waals surface area contributed by atoms with Crippen LogP contribution in [0.3, 0.4) is 0 Å². The van der Waals surface area contributed by atoms with E-state index in [0.29, 0.717) is 17.8 Å². The number of hydrogen-bond donors (Lipinski definition) is 2. The second-order valence-corrected chi connectivity index (χ2v) is 8.54. The third-order valence-electron chi connectivity index (χ3n) is 5.81. The Hall–Kier alpha value is -4.17. The molecule has 11 heteroatoms. The van der Waals surface area contributed by atoms with Crippen molar-refractivity contribution in [2.75, 3.05) is 37.3 Å². The highest BCUT2D eigenvalue weighted by molar-refractivity contribution is 6.04. The lowest BCUT2D eigenvalue weighted by molar-refractivity contribution is -0.138. The van der Waals surface area contributed by atoms with Crippen LogP contribution in [0.15, 0.2) is 42.6 Å². The van der Waals surface area contributed by atoms with Crippen LogP contribution in [0.4, 0.5) is 24.8 Å². The van der Waals surface area contributed by atoms with Gasteiger partial charge in [0.1, 0.15) is 18.1 Å². The van der Waals surface area contributed by atoms with Gasteiger partial charge in [-0.25, -0.2) is 4.98 Å². The van der Waals surface area contributed by atoms with E-state index in [1.165, 1.54) is 18.3 Å². The predicted octanol–water partition coefficient (Wildman–Crippen LogP) is 3.91. The Morgan fingerprint density at radius 1 is 1.16 bits per heavy atom. The SMILES string of the molecule is Cc1ccc(C(=O)Nc2ccc(OCCN3CCCC3)c(C(F)(F)F)c2)cc1C#Cc1cnnc(N)n1. The van der Waals surface area contributed by atoms with E-state index in [9.17, 15) is 18.0 Å². The number of aromatic nitrogens is 3. The smallest absolute Gasteiger partial charge is 0.420 e. The summed E-state index contributed by atoms with van der Waals surface area (Å²) in [6.45, 7) is 4.39. The number of likely N-dealkylation sites (tertiary alicyclic amines) is 1. The first-order valence-electron chi connectivity index (χ1n) is 11.6. The summed E-state index contributed by atoms with van der Waals surface area (Å²) in [7, 11) is 0. The van der Waals surface area contributed by atoms with Crippen LogP contribution < -0.4 is 15.8 Å². The van der Waals surface area contributed by atoms with E-state index in [2.05, 4.69) is 37.2 Å². The number of carbonyl (C=O) groups is 1. The van der Waals surface area contributed by atoms with Crippen molar-refractivity contribution >= 4 is 17.5 Å². The fraction of sp³-hybridized carbons (Fsp3) is 0.308. The maximum absolute atomic E-state index is 13.7. The van der Waals surface area contributed by atoms with E-state index in [4.69, 9.17) is 10.5 Å². The van der Waals surface area contributed by atoms with E-state index >= 15 is 0 Å². The fourth-order valence-electron chi connectivity index (χ4n) is 3.86. The molecule has 1 aliphatic heterocycles. The van der Waals surface area contributed by atoms with Gasteiger partial charge in [-0.05, 0) is 74.7 Å². The molecule has 0 spiro atoms. The van der Waals surface area contributed by atoms with E-state index in [0.717, 1.165) is 37.6 Å². The molecular weight excluding hydrogens is 485 g/mol. The highest BCUT2D eigenvalue weighted by Gasteiger charge is 2.35. The van der Waals surface area contributed by atoms with Crippen molar-refractivity contribution < 1.29 is 22.7 Å². The number of amides is 1. The van der Waals surface area contributed by atoms with Gasteiger partial charge in [-0.3, -0.25) is 9.69 Å². The Labute approximate surface area is 212 Å². The van der Waals surface area contributed by atoms with Gasteiger partial charge in [0.15, 0.2) is 0 Å². The number of anilines is 2. The van der Waals surface area contributed by atoms with Crippen LogP contribution in [-0.2, 0) is 6.18 Å². The lowest BCUT2D eigenvalue weighted by Crippen LogP contribution is -2.25. The largest absolute Gasteiger partial charge is 0.492 e. The molecule has 0 aliphatic carbocycles. The second kappa shape index (κ2) is 11.3. The Morgan fingerprint density at radius 2 is 1.95 bits per heavy atom. The second-order valence-electron chi connectivity index (χ2n) is 8.54. The summed E-state index contributed by atoms with van der Waals surface area (Å²) in [5, 5.41) is 9.77. The summed E-state index contributed by atoms with van der Waals surface area (Å²) in [6, 6.07) is 8.32. The molecule has 3 aromatic rings. The van der Waals surface area contributed by atoms with E-state index < -0.39 is 17.6 Å². The topological polar surface area (TPSA) is 106 Å². The molecule has 8 nitrogen and oxygen atoms in total. The lowest BCUT2D eigenvalue weighted by atomic mass is 10.0. The number of halogens is 3. The van der Waals surface area contributed by atoms with Crippen LogP contribution in [0.1, 0.15) is 45.6 Å². The highest BCUT2D eigenvalue weighted by Crippen LogP contribution is 2.38. The molecule has 192 valence electrons. The van der Waals surface area contributed by atoms with Crippen LogP contribution in [0.2, 0.25) is 0 Å². The number of rotatable bonds is 6. The van der Waals surface area contributed by atoms with Crippen molar-refractivity contribution in [2.24, 2.45) is 0 Å². The molecule has 0 radical (unpaired) electrons. The first-order chi connectivity index (χ1) is 17.7. The van der Waals surface area contributed by atoms with Gasteiger partial charge in [0.25, 0.3) is 5.91 Å². The molecule has 1 aromatic heterocycles. The van der Waals surface area contributed by atoms with Crippen molar-refractivity contribution in [3.63, 3.8) is 0 Å². The molecule has 2 aromatic carbocycles. The van der Waals surface area contributed by atoms with Crippen LogP contribution in [0.5, 0.6) is 5.75 Å². The van der Waals surface area contributed by atoms with Crippen molar-refractivity contribution in [3.05, 3.63) is 70.5 Å². The molecule has 1 saturated heterocycles.